The van der Waals surface area contributed by atoms with Crippen molar-refractivity contribution < 1.29 is 24.2 Å². The lowest BCUT2D eigenvalue weighted by Gasteiger charge is -2.46. The van der Waals surface area contributed by atoms with Gasteiger partial charge in [-0.2, -0.15) is 0 Å². The van der Waals surface area contributed by atoms with Crippen LogP contribution >= 0.6 is 0 Å². The molecule has 0 radical (unpaired) electrons. The Bertz CT molecular complexity index is 881. The average Bonchev–Trinajstić information content (AvgIpc) is 3.21. The largest absolute Gasteiger partial charge is 0.480 e. The second kappa shape index (κ2) is 11.5. The molecule has 1 aromatic rings. The van der Waals surface area contributed by atoms with Crippen LogP contribution in [0.5, 0.6) is 0 Å². The number of fused-ring (bicyclic) bond motifs is 1. The summed E-state index contributed by atoms with van der Waals surface area (Å²) in [6.45, 7) is 9.84. The molecule has 1 heterocycles. The van der Waals surface area contributed by atoms with Crippen molar-refractivity contribution >= 4 is 17.8 Å². The third kappa shape index (κ3) is 6.24. The van der Waals surface area contributed by atoms with Gasteiger partial charge in [0, 0.05) is 11.6 Å². The number of amides is 1. The predicted octanol–water partition coefficient (Wildman–Crippen LogP) is 4.28. The van der Waals surface area contributed by atoms with Crippen molar-refractivity contribution in [3.63, 3.8) is 0 Å². The summed E-state index contributed by atoms with van der Waals surface area (Å²) >= 11 is 0. The van der Waals surface area contributed by atoms with Gasteiger partial charge in [-0.15, -0.1) is 0 Å². The molecule has 1 aliphatic heterocycles. The van der Waals surface area contributed by atoms with Crippen molar-refractivity contribution in [2.45, 2.75) is 109 Å². The highest BCUT2D eigenvalue weighted by Gasteiger charge is 2.50. The molecule has 7 heteroatoms. The van der Waals surface area contributed by atoms with Crippen molar-refractivity contribution in [3.8, 4) is 0 Å². The van der Waals surface area contributed by atoms with E-state index in [2.05, 4.69) is 0 Å². The summed E-state index contributed by atoms with van der Waals surface area (Å²) in [7, 11) is 0. The zero-order valence-electron chi connectivity index (χ0n) is 21.9. The quantitative estimate of drug-likeness (QED) is 0.524. The summed E-state index contributed by atoms with van der Waals surface area (Å²) in [4.78, 5) is 43.0. The highest BCUT2D eigenvalue weighted by molar-refractivity contribution is 5.88. The number of aryl methyl sites for hydroxylation is 1. The summed E-state index contributed by atoms with van der Waals surface area (Å²) in [5.41, 5.74) is 0.596. The Morgan fingerprint density at radius 1 is 1.14 bits per heavy atom. The van der Waals surface area contributed by atoms with E-state index in [0.29, 0.717) is 19.3 Å². The molecule has 1 saturated carbocycles. The number of carboxylic acids is 1. The van der Waals surface area contributed by atoms with Gasteiger partial charge in [-0.25, -0.2) is 4.79 Å². The Hall–Kier alpha value is -2.41. The van der Waals surface area contributed by atoms with Crippen LogP contribution < -0.4 is 0 Å². The molecule has 1 amide bonds. The molecule has 194 valence electrons. The van der Waals surface area contributed by atoms with Crippen LogP contribution in [0.4, 0.5) is 0 Å². The molecule has 1 aromatic carbocycles. The minimum atomic E-state index is -0.937. The first-order valence-corrected chi connectivity index (χ1v) is 13.1. The second-order valence-electron chi connectivity index (χ2n) is 11.0. The minimum absolute atomic E-state index is 0.0352. The van der Waals surface area contributed by atoms with Crippen LogP contribution in [0.3, 0.4) is 0 Å². The summed E-state index contributed by atoms with van der Waals surface area (Å²) < 4.78 is 5.47. The van der Waals surface area contributed by atoms with E-state index >= 15 is 0 Å². The van der Waals surface area contributed by atoms with E-state index in [-0.39, 0.29) is 30.4 Å². The fourth-order valence-electron chi connectivity index (χ4n) is 6.21. The van der Waals surface area contributed by atoms with Crippen molar-refractivity contribution in [2.75, 3.05) is 6.61 Å². The molecule has 0 bridgehead atoms. The van der Waals surface area contributed by atoms with Gasteiger partial charge in [0.2, 0.25) is 5.91 Å². The number of carbonyl (C=O) groups excluding carboxylic acids is 2. The van der Waals surface area contributed by atoms with E-state index < -0.39 is 29.6 Å². The molecule has 5 atom stereocenters. The Balaban J connectivity index is 1.91. The number of esters is 1. The van der Waals surface area contributed by atoms with Gasteiger partial charge in [0.1, 0.15) is 12.1 Å². The molecule has 35 heavy (non-hydrogen) atoms. The topological polar surface area (TPSA) is 87.2 Å². The molecule has 1 N–H and O–H groups in total. The first-order chi connectivity index (χ1) is 16.6. The monoisotopic (exact) mass is 486 g/mol. The van der Waals surface area contributed by atoms with Crippen LogP contribution in [-0.2, 0) is 25.5 Å². The number of carbonyl (C=O) groups is 3. The number of hydrogen-bond donors (Lipinski definition) is 1. The Labute approximate surface area is 209 Å². The van der Waals surface area contributed by atoms with Gasteiger partial charge in [-0.1, -0.05) is 43.2 Å². The van der Waals surface area contributed by atoms with Crippen LogP contribution in [-0.4, -0.2) is 69.1 Å². The number of rotatable bonds is 9. The molecule has 0 spiro atoms. The summed E-state index contributed by atoms with van der Waals surface area (Å²) in [5, 5.41) is 9.96. The van der Waals surface area contributed by atoms with Gasteiger partial charge in [0.05, 0.1) is 12.6 Å². The fraction of sp³-hybridized carbons (Fsp3) is 0.679. The van der Waals surface area contributed by atoms with E-state index in [4.69, 9.17) is 4.74 Å². The van der Waals surface area contributed by atoms with E-state index in [0.717, 1.165) is 31.2 Å². The predicted molar refractivity (Wildman–Crippen MR) is 135 cm³/mol. The summed E-state index contributed by atoms with van der Waals surface area (Å²) in [6, 6.07) is 7.85. The van der Waals surface area contributed by atoms with Crippen LogP contribution in [0.15, 0.2) is 30.3 Å². The van der Waals surface area contributed by atoms with Gasteiger partial charge in [-0.3, -0.25) is 14.5 Å². The van der Waals surface area contributed by atoms with E-state index in [9.17, 15) is 19.5 Å². The van der Waals surface area contributed by atoms with Crippen molar-refractivity contribution in [3.05, 3.63) is 35.9 Å². The number of likely N-dealkylation sites (tertiary alicyclic amines) is 1. The fourth-order valence-corrected chi connectivity index (χ4v) is 6.21. The van der Waals surface area contributed by atoms with Crippen LogP contribution in [0, 0.1) is 5.92 Å². The molecule has 0 aromatic heterocycles. The molecule has 3 rings (SSSR count). The number of nitrogens with zero attached hydrogens (tertiary/aromatic N) is 2. The third-order valence-electron chi connectivity index (χ3n) is 7.62. The first kappa shape index (κ1) is 27.2. The van der Waals surface area contributed by atoms with Crippen LogP contribution in [0.1, 0.15) is 78.7 Å². The highest BCUT2D eigenvalue weighted by atomic mass is 16.5. The van der Waals surface area contributed by atoms with Crippen LogP contribution in [0.25, 0.3) is 0 Å². The number of carboxylic acid groups (broad SMARTS) is 1. The lowest BCUT2D eigenvalue weighted by atomic mass is 9.84. The zero-order chi connectivity index (χ0) is 25.8. The standard InChI is InChI=1S/C28H42N2O5/c1-6-35-27(34)23(17-16-20-12-8-7-9-13-20)30(28(3,4)5)19(2)25(31)29-22-15-11-10-14-21(22)18-24(29)26(32)33/h7-9,12-13,19,21-24H,6,10-11,14-18H2,1-5H3,(H,32,33). The van der Waals surface area contributed by atoms with E-state index in [1.165, 1.54) is 0 Å². The second-order valence-corrected chi connectivity index (χ2v) is 11.0. The maximum Gasteiger partial charge on any atom is 0.326 e. The van der Waals surface area contributed by atoms with E-state index in [1.807, 2.05) is 62.9 Å². The minimum Gasteiger partial charge on any atom is -0.480 e. The van der Waals surface area contributed by atoms with Crippen molar-refractivity contribution in [1.29, 1.82) is 0 Å². The average molecular weight is 487 g/mol. The summed E-state index contributed by atoms with van der Waals surface area (Å²) in [6.07, 6.45) is 5.61. The molecule has 2 aliphatic rings. The molecular weight excluding hydrogens is 444 g/mol. The third-order valence-corrected chi connectivity index (χ3v) is 7.62. The van der Waals surface area contributed by atoms with Gasteiger partial charge in [0.25, 0.3) is 0 Å². The van der Waals surface area contributed by atoms with Crippen molar-refractivity contribution in [2.24, 2.45) is 5.92 Å². The molecular formula is C28H42N2O5. The number of hydrogen-bond acceptors (Lipinski definition) is 5. The SMILES string of the molecule is CCOC(=O)C(CCc1ccccc1)N(C(C)C(=O)N1C(C(=O)O)CC2CCCCC21)C(C)(C)C. The normalized spacial score (nSPS) is 24.1. The number of ether oxygens (including phenoxy) is 1. The molecule has 1 aliphatic carbocycles. The van der Waals surface area contributed by atoms with Gasteiger partial charge < -0.3 is 14.7 Å². The zero-order valence-corrected chi connectivity index (χ0v) is 21.9. The van der Waals surface area contributed by atoms with Gasteiger partial charge >= 0.3 is 11.9 Å². The number of benzene rings is 1. The number of aliphatic carboxylic acids is 1. The molecule has 7 nitrogen and oxygen atoms in total. The van der Waals surface area contributed by atoms with E-state index in [1.54, 1.807) is 11.8 Å². The molecule has 1 saturated heterocycles. The Morgan fingerprint density at radius 2 is 1.80 bits per heavy atom. The lowest BCUT2D eigenvalue weighted by molar-refractivity contribution is -0.161. The Morgan fingerprint density at radius 3 is 2.40 bits per heavy atom. The maximum absolute atomic E-state index is 14.0. The van der Waals surface area contributed by atoms with Gasteiger partial charge in [0.15, 0.2) is 0 Å². The maximum atomic E-state index is 14.0. The van der Waals surface area contributed by atoms with Crippen molar-refractivity contribution in [1.82, 2.24) is 9.80 Å². The first-order valence-electron chi connectivity index (χ1n) is 13.1. The lowest BCUT2D eigenvalue weighted by Crippen LogP contribution is -2.62. The Kier molecular flexibility index (Phi) is 8.97. The summed E-state index contributed by atoms with van der Waals surface area (Å²) in [5.74, 6) is -1.24. The molecule has 2 fully saturated rings. The molecule has 5 unspecified atom stereocenters. The highest BCUT2D eigenvalue weighted by Crippen LogP contribution is 2.41. The van der Waals surface area contributed by atoms with Crippen LogP contribution in [0.2, 0.25) is 0 Å². The smallest absolute Gasteiger partial charge is 0.326 e. The van der Waals surface area contributed by atoms with Gasteiger partial charge in [-0.05, 0) is 78.2 Å².